The zero-order chi connectivity index (χ0) is 17.7. The van der Waals surface area contributed by atoms with E-state index in [2.05, 4.69) is 15.5 Å². The van der Waals surface area contributed by atoms with Gasteiger partial charge < -0.3 is 10.2 Å². The van der Waals surface area contributed by atoms with Crippen molar-refractivity contribution in [2.75, 3.05) is 18.4 Å². The summed E-state index contributed by atoms with van der Waals surface area (Å²) in [5.41, 5.74) is 0.0936. The highest BCUT2D eigenvalue weighted by Crippen LogP contribution is 2.27. The number of hydrogen-bond donors (Lipinski definition) is 1. The number of aromatic nitrogens is 2. The van der Waals surface area contributed by atoms with Gasteiger partial charge in [-0.25, -0.2) is 0 Å². The number of halogens is 3. The minimum absolute atomic E-state index is 0.0686. The van der Waals surface area contributed by atoms with Crippen LogP contribution in [0.4, 0.5) is 24.7 Å². The number of benzene rings is 1. The van der Waals surface area contributed by atoms with E-state index in [0.29, 0.717) is 24.3 Å². The number of carbonyl (C=O) groups is 1. The molecule has 2 rings (SSSR count). The van der Waals surface area contributed by atoms with E-state index in [-0.39, 0.29) is 11.7 Å². The molecule has 1 amide bonds. The van der Waals surface area contributed by atoms with Crippen LogP contribution in [0.5, 0.6) is 0 Å². The molecule has 8 heteroatoms. The molecule has 0 atom stereocenters. The maximum Gasteiger partial charge on any atom is 0.435 e. The number of anilines is 2. The standard InChI is InChI=1S/C16H17F3N4O/c1-3-23(4-2)15(24)11-5-7-12(8-6-11)20-14-10-9-13(21-22-14)16(17,18)19/h5-10H,3-4H2,1-2H3,(H,20,22). The SMILES string of the molecule is CCN(CC)C(=O)c1ccc(Nc2ccc(C(F)(F)F)nn2)cc1. The maximum absolute atomic E-state index is 12.4. The van der Waals surface area contributed by atoms with Gasteiger partial charge in [0.05, 0.1) is 0 Å². The highest BCUT2D eigenvalue weighted by molar-refractivity contribution is 5.94. The topological polar surface area (TPSA) is 58.1 Å². The Morgan fingerprint density at radius 3 is 2.12 bits per heavy atom. The van der Waals surface area contributed by atoms with Gasteiger partial charge in [-0.3, -0.25) is 4.79 Å². The average molecular weight is 338 g/mol. The largest absolute Gasteiger partial charge is 0.435 e. The van der Waals surface area contributed by atoms with Crippen molar-refractivity contribution < 1.29 is 18.0 Å². The van der Waals surface area contributed by atoms with Crippen molar-refractivity contribution in [3.05, 3.63) is 47.7 Å². The van der Waals surface area contributed by atoms with E-state index in [1.807, 2.05) is 13.8 Å². The van der Waals surface area contributed by atoms with Crippen LogP contribution in [-0.4, -0.2) is 34.1 Å². The molecule has 0 aliphatic carbocycles. The molecule has 0 spiro atoms. The fraction of sp³-hybridized carbons (Fsp3) is 0.312. The number of nitrogens with one attached hydrogen (secondary N) is 1. The van der Waals surface area contributed by atoms with E-state index >= 15 is 0 Å². The van der Waals surface area contributed by atoms with Crippen LogP contribution in [0.3, 0.4) is 0 Å². The fourth-order valence-electron chi connectivity index (χ4n) is 2.09. The van der Waals surface area contributed by atoms with E-state index in [0.717, 1.165) is 6.07 Å². The van der Waals surface area contributed by atoms with Crippen LogP contribution >= 0.6 is 0 Å². The van der Waals surface area contributed by atoms with Gasteiger partial charge in [-0.15, -0.1) is 10.2 Å². The Balaban J connectivity index is 2.08. The third-order valence-electron chi connectivity index (χ3n) is 3.41. The van der Waals surface area contributed by atoms with E-state index < -0.39 is 11.9 Å². The number of carbonyl (C=O) groups excluding carboxylic acids is 1. The van der Waals surface area contributed by atoms with Crippen molar-refractivity contribution in [2.24, 2.45) is 0 Å². The first-order valence-corrected chi connectivity index (χ1v) is 7.42. The smallest absolute Gasteiger partial charge is 0.339 e. The first kappa shape index (κ1) is 17.7. The Kier molecular flexibility index (Phi) is 5.38. The van der Waals surface area contributed by atoms with E-state index in [1.165, 1.54) is 6.07 Å². The second kappa shape index (κ2) is 7.29. The van der Waals surface area contributed by atoms with Gasteiger partial charge in [-0.05, 0) is 50.2 Å². The lowest BCUT2D eigenvalue weighted by Gasteiger charge is -2.18. The fourth-order valence-corrected chi connectivity index (χ4v) is 2.09. The van der Waals surface area contributed by atoms with E-state index in [9.17, 15) is 18.0 Å². The van der Waals surface area contributed by atoms with Crippen LogP contribution in [-0.2, 0) is 6.18 Å². The van der Waals surface area contributed by atoms with Gasteiger partial charge in [0.25, 0.3) is 5.91 Å². The van der Waals surface area contributed by atoms with Gasteiger partial charge in [0.15, 0.2) is 11.5 Å². The molecular formula is C16H17F3N4O. The molecule has 0 aliphatic heterocycles. The Bertz CT molecular complexity index is 680. The number of nitrogens with zero attached hydrogens (tertiary/aromatic N) is 3. The molecule has 1 N–H and O–H groups in total. The van der Waals surface area contributed by atoms with Crippen molar-refractivity contribution in [1.29, 1.82) is 0 Å². The highest BCUT2D eigenvalue weighted by atomic mass is 19.4. The molecule has 0 saturated carbocycles. The third-order valence-corrected chi connectivity index (χ3v) is 3.41. The quantitative estimate of drug-likeness (QED) is 0.903. The Morgan fingerprint density at radius 2 is 1.67 bits per heavy atom. The van der Waals surface area contributed by atoms with Crippen molar-refractivity contribution in [3.8, 4) is 0 Å². The molecule has 0 saturated heterocycles. The summed E-state index contributed by atoms with van der Waals surface area (Å²) in [6.07, 6.45) is -4.52. The van der Waals surface area contributed by atoms with Crippen LogP contribution in [0, 0.1) is 0 Å². The zero-order valence-electron chi connectivity index (χ0n) is 13.3. The lowest BCUT2D eigenvalue weighted by atomic mass is 10.2. The van der Waals surface area contributed by atoms with Crippen LogP contribution < -0.4 is 5.32 Å². The number of alkyl halides is 3. The minimum Gasteiger partial charge on any atom is -0.339 e. The second-order valence-corrected chi connectivity index (χ2v) is 4.98. The van der Waals surface area contributed by atoms with Gasteiger partial charge in [-0.2, -0.15) is 13.2 Å². The normalized spacial score (nSPS) is 11.2. The summed E-state index contributed by atoms with van der Waals surface area (Å²) in [6, 6.07) is 8.69. The zero-order valence-corrected chi connectivity index (χ0v) is 13.3. The minimum atomic E-state index is -4.52. The first-order valence-electron chi connectivity index (χ1n) is 7.42. The first-order chi connectivity index (χ1) is 11.3. The summed E-state index contributed by atoms with van der Waals surface area (Å²) in [7, 11) is 0. The van der Waals surface area contributed by atoms with Gasteiger partial charge >= 0.3 is 6.18 Å². The summed E-state index contributed by atoms with van der Waals surface area (Å²) in [6.45, 7) is 5.05. The van der Waals surface area contributed by atoms with Gasteiger partial charge in [-0.1, -0.05) is 0 Å². The van der Waals surface area contributed by atoms with Gasteiger partial charge in [0.1, 0.15) is 0 Å². The molecule has 1 aromatic heterocycles. The predicted octanol–water partition coefficient (Wildman–Crippen LogP) is 3.72. The molecule has 0 bridgehead atoms. The lowest BCUT2D eigenvalue weighted by molar-refractivity contribution is -0.141. The van der Waals surface area contributed by atoms with Crippen LogP contribution in [0.1, 0.15) is 29.9 Å². The molecule has 2 aromatic rings. The van der Waals surface area contributed by atoms with Crippen molar-refractivity contribution in [2.45, 2.75) is 20.0 Å². The van der Waals surface area contributed by atoms with Crippen LogP contribution in [0.2, 0.25) is 0 Å². The second-order valence-electron chi connectivity index (χ2n) is 4.98. The van der Waals surface area contributed by atoms with Gasteiger partial charge in [0, 0.05) is 24.3 Å². The number of rotatable bonds is 5. The summed E-state index contributed by atoms with van der Waals surface area (Å²) >= 11 is 0. The maximum atomic E-state index is 12.4. The lowest BCUT2D eigenvalue weighted by Crippen LogP contribution is -2.30. The van der Waals surface area contributed by atoms with E-state index in [4.69, 9.17) is 0 Å². The molecule has 24 heavy (non-hydrogen) atoms. The van der Waals surface area contributed by atoms with Gasteiger partial charge in [0.2, 0.25) is 0 Å². The van der Waals surface area contributed by atoms with Crippen molar-refractivity contribution in [3.63, 3.8) is 0 Å². The molecule has 1 heterocycles. The average Bonchev–Trinajstić information content (AvgIpc) is 2.56. The van der Waals surface area contributed by atoms with Crippen LogP contribution in [0.15, 0.2) is 36.4 Å². The molecule has 5 nitrogen and oxygen atoms in total. The highest BCUT2D eigenvalue weighted by Gasteiger charge is 2.32. The number of amides is 1. The molecule has 0 unspecified atom stereocenters. The summed E-state index contributed by atoms with van der Waals surface area (Å²) in [4.78, 5) is 13.9. The molecule has 0 radical (unpaired) electrons. The van der Waals surface area contributed by atoms with Crippen LogP contribution in [0.25, 0.3) is 0 Å². The Morgan fingerprint density at radius 1 is 1.04 bits per heavy atom. The Hall–Kier alpha value is -2.64. The molecule has 0 fully saturated rings. The summed E-state index contributed by atoms with van der Waals surface area (Å²) < 4.78 is 37.3. The van der Waals surface area contributed by atoms with E-state index in [1.54, 1.807) is 29.2 Å². The number of hydrogen-bond acceptors (Lipinski definition) is 4. The molecule has 0 aliphatic rings. The third kappa shape index (κ3) is 4.21. The molecule has 1 aromatic carbocycles. The van der Waals surface area contributed by atoms with Crippen molar-refractivity contribution >= 4 is 17.4 Å². The summed E-state index contributed by atoms with van der Waals surface area (Å²) in [5, 5.41) is 9.48. The predicted molar refractivity (Wildman–Crippen MR) is 84.0 cm³/mol. The molecular weight excluding hydrogens is 321 g/mol. The Labute approximate surface area is 137 Å². The molecule has 128 valence electrons. The summed E-state index contributed by atoms with van der Waals surface area (Å²) in [5.74, 6) is 0.117. The monoisotopic (exact) mass is 338 g/mol. The van der Waals surface area contributed by atoms with Crippen molar-refractivity contribution in [1.82, 2.24) is 15.1 Å².